The second-order valence-corrected chi connectivity index (χ2v) is 7.68. The monoisotopic (exact) mass is 317 g/mol. The number of carbonyl (C=O) groups is 1. The van der Waals surface area contributed by atoms with E-state index in [4.69, 9.17) is 16.3 Å². The first kappa shape index (κ1) is 15.3. The van der Waals surface area contributed by atoms with Gasteiger partial charge in [0, 0.05) is 19.1 Å². The molecule has 0 unspecified atom stereocenters. The van der Waals surface area contributed by atoms with Gasteiger partial charge in [-0.15, -0.1) is 0 Å². The summed E-state index contributed by atoms with van der Waals surface area (Å²) in [4.78, 5) is 11.8. The van der Waals surface area contributed by atoms with Crippen molar-refractivity contribution >= 4 is 27.6 Å². The molecule has 1 aromatic carbocycles. The van der Waals surface area contributed by atoms with Crippen LogP contribution in [-0.2, 0) is 14.8 Å². The topological polar surface area (TPSA) is 63.7 Å². The van der Waals surface area contributed by atoms with Crippen molar-refractivity contribution in [2.45, 2.75) is 18.2 Å². The summed E-state index contributed by atoms with van der Waals surface area (Å²) in [5.74, 6) is -0.216. The minimum absolute atomic E-state index is 0.0206. The van der Waals surface area contributed by atoms with Crippen LogP contribution in [0.5, 0.6) is 5.75 Å². The third-order valence-electron chi connectivity index (χ3n) is 3.29. The highest BCUT2D eigenvalue weighted by Crippen LogP contribution is 2.39. The maximum absolute atomic E-state index is 12.2. The zero-order valence-electron chi connectivity index (χ0n) is 11.5. The minimum atomic E-state index is -3.72. The molecule has 0 aliphatic heterocycles. The van der Waals surface area contributed by atoms with Crippen molar-refractivity contribution in [3.8, 4) is 5.75 Å². The fraction of sp³-hybridized carbons (Fsp3) is 0.462. The highest BCUT2D eigenvalue weighted by molar-refractivity contribution is 7.89. The summed E-state index contributed by atoms with van der Waals surface area (Å²) in [6, 6.07) is 4.19. The van der Waals surface area contributed by atoms with Crippen LogP contribution in [0, 0.1) is 11.8 Å². The molecule has 5 nitrogen and oxygen atoms in total. The molecule has 2 atom stereocenters. The minimum Gasteiger partial charge on any atom is -0.425 e. The number of rotatable bonds is 4. The Bertz CT molecular complexity index is 642. The summed E-state index contributed by atoms with van der Waals surface area (Å²) in [6.45, 7) is 1.95. The largest absolute Gasteiger partial charge is 0.425 e. The Hall–Kier alpha value is -1.11. The van der Waals surface area contributed by atoms with Crippen LogP contribution in [0.15, 0.2) is 23.1 Å². The van der Waals surface area contributed by atoms with Gasteiger partial charge in [0.1, 0.15) is 4.90 Å². The fourth-order valence-electron chi connectivity index (χ4n) is 1.80. The smallest absolute Gasteiger partial charge is 0.314 e. The molecule has 0 heterocycles. The maximum atomic E-state index is 12.2. The molecule has 2 rings (SSSR count). The molecular formula is C13H16ClNO4S. The van der Waals surface area contributed by atoms with Gasteiger partial charge in [-0.3, -0.25) is 4.79 Å². The van der Waals surface area contributed by atoms with Gasteiger partial charge in [0.2, 0.25) is 10.0 Å². The summed E-state index contributed by atoms with van der Waals surface area (Å²) in [5, 5.41) is 0.269. The van der Waals surface area contributed by atoms with Gasteiger partial charge in [0.15, 0.2) is 5.75 Å². The number of sulfonamides is 1. The number of halogens is 1. The molecule has 0 aromatic heterocycles. The Labute approximate surface area is 123 Å². The molecule has 1 aromatic rings. The van der Waals surface area contributed by atoms with Crippen molar-refractivity contribution in [2.24, 2.45) is 11.8 Å². The van der Waals surface area contributed by atoms with Crippen molar-refractivity contribution in [2.75, 3.05) is 14.1 Å². The maximum Gasteiger partial charge on any atom is 0.314 e. The van der Waals surface area contributed by atoms with Crippen LogP contribution in [0.1, 0.15) is 13.3 Å². The summed E-state index contributed by atoms with van der Waals surface area (Å²) < 4.78 is 30.7. The van der Waals surface area contributed by atoms with Crippen molar-refractivity contribution in [1.29, 1.82) is 0 Å². The fourth-order valence-corrected chi connectivity index (χ4v) is 3.07. The Morgan fingerprint density at radius 1 is 1.40 bits per heavy atom. The summed E-state index contributed by atoms with van der Waals surface area (Å²) in [7, 11) is -0.908. The van der Waals surface area contributed by atoms with Crippen LogP contribution in [0.2, 0.25) is 5.02 Å². The normalized spacial score (nSPS) is 21.9. The van der Waals surface area contributed by atoms with Crippen molar-refractivity contribution in [3.63, 3.8) is 0 Å². The van der Waals surface area contributed by atoms with Gasteiger partial charge in [-0.2, -0.15) is 0 Å². The lowest BCUT2D eigenvalue weighted by Crippen LogP contribution is -2.23. The van der Waals surface area contributed by atoms with Crippen molar-refractivity contribution < 1.29 is 17.9 Å². The van der Waals surface area contributed by atoms with Gasteiger partial charge in [0.25, 0.3) is 0 Å². The zero-order chi connectivity index (χ0) is 15.1. The van der Waals surface area contributed by atoms with E-state index in [1.807, 2.05) is 6.92 Å². The Kier molecular flexibility index (Phi) is 4.09. The molecule has 0 N–H and O–H groups in total. The quantitative estimate of drug-likeness (QED) is 0.630. The van der Waals surface area contributed by atoms with Crippen LogP contribution >= 0.6 is 11.6 Å². The summed E-state index contributed by atoms with van der Waals surface area (Å²) in [5.41, 5.74) is 0. The van der Waals surface area contributed by atoms with E-state index in [0.29, 0.717) is 5.92 Å². The van der Waals surface area contributed by atoms with Crippen LogP contribution in [0.4, 0.5) is 0 Å². The molecule has 0 radical (unpaired) electrons. The van der Waals surface area contributed by atoms with E-state index in [-0.39, 0.29) is 21.6 Å². The molecule has 20 heavy (non-hydrogen) atoms. The Morgan fingerprint density at radius 3 is 2.50 bits per heavy atom. The first-order valence-electron chi connectivity index (χ1n) is 6.17. The predicted molar refractivity (Wildman–Crippen MR) is 75.2 cm³/mol. The average Bonchev–Trinajstić information content (AvgIpc) is 3.08. The van der Waals surface area contributed by atoms with Crippen LogP contribution in [0.25, 0.3) is 0 Å². The third kappa shape index (κ3) is 2.97. The van der Waals surface area contributed by atoms with Gasteiger partial charge in [0.05, 0.1) is 5.92 Å². The molecule has 7 heteroatoms. The molecule has 1 saturated carbocycles. The zero-order valence-corrected chi connectivity index (χ0v) is 13.0. The first-order chi connectivity index (χ1) is 9.23. The van der Waals surface area contributed by atoms with E-state index in [1.54, 1.807) is 0 Å². The van der Waals surface area contributed by atoms with E-state index in [1.165, 1.54) is 32.3 Å². The van der Waals surface area contributed by atoms with Crippen LogP contribution in [0.3, 0.4) is 0 Å². The van der Waals surface area contributed by atoms with E-state index < -0.39 is 16.0 Å². The standard InChI is InChI=1S/C13H16ClNO4S/c1-8-6-10(8)13(16)19-11-5-4-9(14)7-12(11)20(17,18)15(2)3/h4-5,7-8,10H,6H2,1-3H3/t8-,10-/m1/s1. The van der Waals surface area contributed by atoms with Gasteiger partial charge < -0.3 is 4.74 Å². The van der Waals surface area contributed by atoms with Crippen LogP contribution in [-0.4, -0.2) is 32.8 Å². The number of nitrogens with zero attached hydrogens (tertiary/aromatic N) is 1. The number of carbonyl (C=O) groups excluding carboxylic acids is 1. The Balaban J connectivity index is 2.36. The van der Waals surface area contributed by atoms with E-state index in [9.17, 15) is 13.2 Å². The van der Waals surface area contributed by atoms with Gasteiger partial charge in [-0.05, 0) is 30.5 Å². The second-order valence-electron chi connectivity index (χ2n) is 5.12. The summed E-state index contributed by atoms with van der Waals surface area (Å²) >= 11 is 5.84. The molecule has 1 fully saturated rings. The number of benzene rings is 1. The van der Waals surface area contributed by atoms with Crippen molar-refractivity contribution in [1.82, 2.24) is 4.31 Å². The molecule has 1 aliphatic carbocycles. The molecule has 0 amide bonds. The lowest BCUT2D eigenvalue weighted by atomic mass is 10.3. The van der Waals surface area contributed by atoms with Crippen molar-refractivity contribution in [3.05, 3.63) is 23.2 Å². The molecule has 0 spiro atoms. The number of esters is 1. The van der Waals surface area contributed by atoms with Gasteiger partial charge >= 0.3 is 5.97 Å². The molecular weight excluding hydrogens is 302 g/mol. The number of hydrogen-bond acceptors (Lipinski definition) is 4. The SMILES string of the molecule is C[C@@H]1C[C@H]1C(=O)Oc1ccc(Cl)cc1S(=O)(=O)N(C)C. The number of ether oxygens (including phenoxy) is 1. The number of hydrogen-bond donors (Lipinski definition) is 0. The molecule has 110 valence electrons. The third-order valence-corrected chi connectivity index (χ3v) is 5.36. The average molecular weight is 318 g/mol. The lowest BCUT2D eigenvalue weighted by molar-refractivity contribution is -0.136. The van der Waals surface area contributed by atoms with Gasteiger partial charge in [-0.25, -0.2) is 12.7 Å². The van der Waals surface area contributed by atoms with Gasteiger partial charge in [-0.1, -0.05) is 18.5 Å². The predicted octanol–water partition coefficient (Wildman–Crippen LogP) is 2.15. The second kappa shape index (κ2) is 5.35. The molecule has 1 aliphatic rings. The van der Waals surface area contributed by atoms with Crippen LogP contribution < -0.4 is 4.74 Å². The summed E-state index contributed by atoms with van der Waals surface area (Å²) in [6.07, 6.45) is 0.780. The van der Waals surface area contributed by atoms with E-state index >= 15 is 0 Å². The highest BCUT2D eigenvalue weighted by atomic mass is 35.5. The molecule has 0 bridgehead atoms. The Morgan fingerprint density at radius 2 is 2.00 bits per heavy atom. The van der Waals surface area contributed by atoms with E-state index in [2.05, 4.69) is 0 Å². The lowest BCUT2D eigenvalue weighted by Gasteiger charge is -2.15. The first-order valence-corrected chi connectivity index (χ1v) is 7.99. The highest BCUT2D eigenvalue weighted by Gasteiger charge is 2.41. The molecule has 0 saturated heterocycles. The van der Waals surface area contributed by atoms with E-state index in [0.717, 1.165) is 10.7 Å².